The van der Waals surface area contributed by atoms with Crippen LogP contribution >= 0.6 is 11.6 Å². The molecule has 0 unspecified atom stereocenters. The summed E-state index contributed by atoms with van der Waals surface area (Å²) in [5, 5.41) is 3.43. The van der Waals surface area contributed by atoms with E-state index in [2.05, 4.69) is 5.32 Å². The van der Waals surface area contributed by atoms with Gasteiger partial charge >= 0.3 is 0 Å². The van der Waals surface area contributed by atoms with Gasteiger partial charge in [0, 0.05) is 16.8 Å². The zero-order valence-electron chi connectivity index (χ0n) is 12.2. The number of rotatable bonds is 4. The van der Waals surface area contributed by atoms with Crippen molar-refractivity contribution in [3.05, 3.63) is 64.7 Å². The van der Waals surface area contributed by atoms with E-state index in [0.29, 0.717) is 10.6 Å². The molecule has 0 saturated carbocycles. The maximum absolute atomic E-state index is 12.1. The summed E-state index contributed by atoms with van der Waals surface area (Å²) < 4.78 is 22.8. The van der Waals surface area contributed by atoms with E-state index in [1.54, 1.807) is 36.4 Å². The van der Waals surface area contributed by atoms with Crippen LogP contribution in [0.4, 0.5) is 0 Å². The molecule has 0 spiro atoms. The molecular weight excluding hydrogens is 322 g/mol. The number of hydrogen-bond donors (Lipinski definition) is 1. The lowest BCUT2D eigenvalue weighted by Crippen LogP contribution is -2.26. The molecule has 2 aromatic carbocycles. The number of hydrogen-bond acceptors (Lipinski definition) is 3. The summed E-state index contributed by atoms with van der Waals surface area (Å²) in [6, 6.07) is 12.8. The quantitative estimate of drug-likeness (QED) is 0.931. The first-order chi connectivity index (χ1) is 10.3. The van der Waals surface area contributed by atoms with Crippen LogP contribution in [0, 0.1) is 0 Å². The maximum atomic E-state index is 12.1. The van der Waals surface area contributed by atoms with Gasteiger partial charge in [0.15, 0.2) is 9.84 Å². The van der Waals surface area contributed by atoms with Gasteiger partial charge in [-0.3, -0.25) is 4.79 Å². The van der Waals surface area contributed by atoms with E-state index in [4.69, 9.17) is 11.6 Å². The highest BCUT2D eigenvalue weighted by molar-refractivity contribution is 7.90. The van der Waals surface area contributed by atoms with Crippen LogP contribution in [0.25, 0.3) is 0 Å². The second-order valence-electron chi connectivity index (χ2n) is 5.04. The Morgan fingerprint density at radius 3 is 2.09 bits per heavy atom. The van der Waals surface area contributed by atoms with Crippen molar-refractivity contribution in [1.29, 1.82) is 0 Å². The van der Waals surface area contributed by atoms with Gasteiger partial charge in [0.25, 0.3) is 5.91 Å². The molecule has 0 saturated heterocycles. The summed E-state index contributed by atoms with van der Waals surface area (Å²) in [4.78, 5) is 12.4. The van der Waals surface area contributed by atoms with Gasteiger partial charge in [-0.05, 0) is 48.9 Å². The minimum absolute atomic E-state index is 0.212. The van der Waals surface area contributed by atoms with Crippen LogP contribution in [-0.2, 0) is 9.84 Å². The van der Waals surface area contributed by atoms with E-state index in [1.807, 2.05) is 6.92 Å². The molecule has 0 aliphatic carbocycles. The summed E-state index contributed by atoms with van der Waals surface area (Å²) in [6.07, 6.45) is 1.16. The molecule has 4 nitrogen and oxygen atoms in total. The fraction of sp³-hybridized carbons (Fsp3) is 0.188. The SMILES string of the molecule is C[C@@H](NC(=O)c1ccc(Cl)cc1)c1ccc(S(C)(=O)=O)cc1. The molecule has 116 valence electrons. The van der Waals surface area contributed by atoms with Crippen LogP contribution in [-0.4, -0.2) is 20.6 Å². The van der Waals surface area contributed by atoms with Crippen molar-refractivity contribution in [1.82, 2.24) is 5.32 Å². The van der Waals surface area contributed by atoms with Gasteiger partial charge in [-0.25, -0.2) is 8.42 Å². The van der Waals surface area contributed by atoms with Gasteiger partial charge in [-0.15, -0.1) is 0 Å². The van der Waals surface area contributed by atoms with E-state index in [9.17, 15) is 13.2 Å². The zero-order chi connectivity index (χ0) is 16.3. The molecule has 0 aliphatic rings. The van der Waals surface area contributed by atoms with Crippen molar-refractivity contribution < 1.29 is 13.2 Å². The Balaban J connectivity index is 2.10. The van der Waals surface area contributed by atoms with E-state index in [1.165, 1.54) is 12.1 Å². The van der Waals surface area contributed by atoms with Crippen molar-refractivity contribution in [2.24, 2.45) is 0 Å². The molecule has 2 aromatic rings. The second-order valence-corrected chi connectivity index (χ2v) is 7.50. The molecule has 0 aliphatic heterocycles. The van der Waals surface area contributed by atoms with Crippen LogP contribution in [0.15, 0.2) is 53.4 Å². The first kappa shape index (κ1) is 16.5. The molecule has 22 heavy (non-hydrogen) atoms. The predicted molar refractivity (Wildman–Crippen MR) is 86.9 cm³/mol. The lowest BCUT2D eigenvalue weighted by molar-refractivity contribution is 0.0940. The first-order valence-corrected chi connectivity index (χ1v) is 8.91. The molecule has 2 rings (SSSR count). The third-order valence-electron chi connectivity index (χ3n) is 3.26. The average Bonchev–Trinajstić information content (AvgIpc) is 2.47. The van der Waals surface area contributed by atoms with Crippen molar-refractivity contribution in [3.63, 3.8) is 0 Å². The largest absolute Gasteiger partial charge is 0.346 e. The van der Waals surface area contributed by atoms with Gasteiger partial charge < -0.3 is 5.32 Å². The average molecular weight is 338 g/mol. The lowest BCUT2D eigenvalue weighted by Gasteiger charge is -2.15. The molecule has 0 heterocycles. The Bertz CT molecular complexity index is 768. The fourth-order valence-electron chi connectivity index (χ4n) is 1.97. The second kappa shape index (κ2) is 6.50. The highest BCUT2D eigenvalue weighted by Crippen LogP contribution is 2.17. The van der Waals surface area contributed by atoms with Crippen LogP contribution in [0.3, 0.4) is 0 Å². The van der Waals surface area contributed by atoms with Gasteiger partial charge in [0.1, 0.15) is 0 Å². The Morgan fingerprint density at radius 2 is 1.59 bits per heavy atom. The van der Waals surface area contributed by atoms with Gasteiger partial charge in [-0.2, -0.15) is 0 Å². The summed E-state index contributed by atoms with van der Waals surface area (Å²) in [6.45, 7) is 1.84. The molecule has 0 aromatic heterocycles. The smallest absolute Gasteiger partial charge is 0.251 e. The van der Waals surface area contributed by atoms with Crippen molar-refractivity contribution in [2.75, 3.05) is 6.26 Å². The lowest BCUT2D eigenvalue weighted by atomic mass is 10.1. The van der Waals surface area contributed by atoms with Crippen LogP contribution in [0.5, 0.6) is 0 Å². The van der Waals surface area contributed by atoms with Crippen LogP contribution in [0.1, 0.15) is 28.9 Å². The third-order valence-corrected chi connectivity index (χ3v) is 4.64. The van der Waals surface area contributed by atoms with Crippen LogP contribution in [0.2, 0.25) is 5.02 Å². The first-order valence-electron chi connectivity index (χ1n) is 6.64. The van der Waals surface area contributed by atoms with Crippen LogP contribution < -0.4 is 5.32 Å². The summed E-state index contributed by atoms with van der Waals surface area (Å²) in [5.41, 5.74) is 1.35. The number of sulfone groups is 1. The van der Waals surface area contributed by atoms with Gasteiger partial charge in [0.2, 0.25) is 0 Å². The van der Waals surface area contributed by atoms with E-state index < -0.39 is 9.84 Å². The molecule has 1 amide bonds. The van der Waals surface area contributed by atoms with E-state index >= 15 is 0 Å². The Morgan fingerprint density at radius 1 is 1.05 bits per heavy atom. The monoisotopic (exact) mass is 337 g/mol. The highest BCUT2D eigenvalue weighted by Gasteiger charge is 2.13. The topological polar surface area (TPSA) is 63.2 Å². The van der Waals surface area contributed by atoms with E-state index in [0.717, 1.165) is 11.8 Å². The minimum Gasteiger partial charge on any atom is -0.346 e. The summed E-state index contributed by atoms with van der Waals surface area (Å²) in [7, 11) is -3.22. The summed E-state index contributed by atoms with van der Waals surface area (Å²) >= 11 is 5.79. The molecule has 0 fully saturated rings. The predicted octanol–water partition coefficient (Wildman–Crippen LogP) is 3.23. The Hall–Kier alpha value is -1.85. The number of carbonyl (C=O) groups is 1. The highest BCUT2D eigenvalue weighted by atomic mass is 35.5. The van der Waals surface area contributed by atoms with Gasteiger partial charge in [-0.1, -0.05) is 23.7 Å². The normalized spacial score (nSPS) is 12.7. The minimum atomic E-state index is -3.22. The number of halogens is 1. The van der Waals surface area contributed by atoms with Gasteiger partial charge in [0.05, 0.1) is 10.9 Å². The maximum Gasteiger partial charge on any atom is 0.251 e. The number of carbonyl (C=O) groups excluding carboxylic acids is 1. The molecule has 1 N–H and O–H groups in total. The van der Waals surface area contributed by atoms with Crippen molar-refractivity contribution >= 4 is 27.3 Å². The Kier molecular flexibility index (Phi) is 4.88. The third kappa shape index (κ3) is 4.08. The molecule has 6 heteroatoms. The fourth-order valence-corrected chi connectivity index (χ4v) is 2.72. The Labute approximate surface area is 135 Å². The van der Waals surface area contributed by atoms with E-state index in [-0.39, 0.29) is 16.8 Å². The molecular formula is C16H16ClNO3S. The van der Waals surface area contributed by atoms with Crippen molar-refractivity contribution in [3.8, 4) is 0 Å². The number of benzene rings is 2. The zero-order valence-corrected chi connectivity index (χ0v) is 13.8. The molecule has 1 atom stereocenters. The van der Waals surface area contributed by atoms with Crippen molar-refractivity contribution in [2.45, 2.75) is 17.9 Å². The number of nitrogens with one attached hydrogen (secondary N) is 1. The molecule has 0 radical (unpaired) electrons. The summed E-state index contributed by atoms with van der Waals surface area (Å²) in [5.74, 6) is -0.212. The molecule has 0 bridgehead atoms. The standard InChI is InChI=1S/C16H16ClNO3S/c1-11(12-5-9-15(10-6-12)22(2,20)21)18-16(19)13-3-7-14(17)8-4-13/h3-11H,1-2H3,(H,18,19)/t11-/m1/s1. The number of amides is 1.